The molecular formula is C19H24N2O3. The molecule has 0 bridgehead atoms. The average Bonchev–Trinajstić information content (AvgIpc) is 3.04. The van der Waals surface area contributed by atoms with Crippen LogP contribution < -0.4 is 0 Å². The van der Waals surface area contributed by atoms with Gasteiger partial charge in [0.25, 0.3) is 0 Å². The van der Waals surface area contributed by atoms with Crippen LogP contribution in [-0.2, 0) is 19.7 Å². The highest BCUT2D eigenvalue weighted by atomic mass is 16.5. The van der Waals surface area contributed by atoms with E-state index in [0.717, 1.165) is 31.4 Å². The van der Waals surface area contributed by atoms with E-state index in [0.29, 0.717) is 19.4 Å². The van der Waals surface area contributed by atoms with Gasteiger partial charge >= 0.3 is 5.97 Å². The minimum atomic E-state index is -0.853. The summed E-state index contributed by atoms with van der Waals surface area (Å²) in [5, 5.41) is 9.81. The Balaban J connectivity index is 2.04. The molecule has 2 atom stereocenters. The van der Waals surface area contributed by atoms with E-state index in [1.165, 1.54) is 0 Å². The number of carbonyl (C=O) groups is 1. The minimum Gasteiger partial charge on any atom is -0.465 e. The van der Waals surface area contributed by atoms with E-state index >= 15 is 0 Å². The van der Waals surface area contributed by atoms with Gasteiger partial charge in [-0.2, -0.15) is 5.26 Å². The normalized spacial score (nSPS) is 26.7. The summed E-state index contributed by atoms with van der Waals surface area (Å²) in [5.41, 5.74) is -0.0541. The van der Waals surface area contributed by atoms with Crippen molar-refractivity contribution in [1.82, 2.24) is 4.98 Å². The van der Waals surface area contributed by atoms with Crippen LogP contribution in [0, 0.1) is 17.2 Å². The van der Waals surface area contributed by atoms with Gasteiger partial charge in [0.05, 0.1) is 18.3 Å². The van der Waals surface area contributed by atoms with Crippen LogP contribution in [0.1, 0.15) is 51.1 Å². The highest BCUT2D eigenvalue weighted by molar-refractivity contribution is 5.77. The van der Waals surface area contributed by atoms with Crippen LogP contribution >= 0.6 is 0 Å². The minimum absolute atomic E-state index is 0.225. The van der Waals surface area contributed by atoms with Crippen molar-refractivity contribution < 1.29 is 14.3 Å². The second kappa shape index (κ2) is 6.90. The smallest absolute Gasteiger partial charge is 0.324 e. The number of ether oxygens (including phenoxy) is 2. The first-order chi connectivity index (χ1) is 11.7. The Hall–Kier alpha value is -1.93. The lowest BCUT2D eigenvalue weighted by atomic mass is 9.63. The van der Waals surface area contributed by atoms with Crippen LogP contribution in [0.25, 0.3) is 0 Å². The van der Waals surface area contributed by atoms with Gasteiger partial charge in [-0.3, -0.25) is 9.78 Å². The predicted molar refractivity (Wildman–Crippen MR) is 88.0 cm³/mol. The maximum Gasteiger partial charge on any atom is 0.324 e. The van der Waals surface area contributed by atoms with Gasteiger partial charge in [-0.05, 0) is 44.7 Å². The van der Waals surface area contributed by atoms with E-state index < -0.39 is 17.3 Å². The Morgan fingerprint density at radius 1 is 1.42 bits per heavy atom. The molecule has 0 amide bonds. The lowest BCUT2D eigenvalue weighted by molar-refractivity contribution is -0.155. The highest BCUT2D eigenvalue weighted by Gasteiger charge is 2.55. The Kier molecular flexibility index (Phi) is 4.86. The average molecular weight is 328 g/mol. The quantitative estimate of drug-likeness (QED) is 0.794. The van der Waals surface area contributed by atoms with E-state index in [1.807, 2.05) is 18.2 Å². The van der Waals surface area contributed by atoms with Crippen molar-refractivity contribution in [2.45, 2.75) is 56.5 Å². The van der Waals surface area contributed by atoms with Crippen molar-refractivity contribution in [3.05, 3.63) is 30.1 Å². The maximum atomic E-state index is 12.5. The van der Waals surface area contributed by atoms with Crippen molar-refractivity contribution in [2.75, 3.05) is 13.2 Å². The molecule has 24 heavy (non-hydrogen) atoms. The fraction of sp³-hybridized carbons (Fsp3) is 0.632. The standard InChI is InChI=1S/C19H24N2O3/c1-2-23-17(22)15(13-20)19(16-7-3-6-11-21-16)10-12-24-18(14-19)8-4-5-9-18/h3,6-7,11,15H,2,4-5,8-10,12,14H2,1H3. The third-order valence-corrected chi connectivity index (χ3v) is 5.49. The summed E-state index contributed by atoms with van der Waals surface area (Å²) in [6.45, 7) is 2.59. The molecule has 0 N–H and O–H groups in total. The third-order valence-electron chi connectivity index (χ3n) is 5.49. The number of rotatable bonds is 4. The molecule has 1 aliphatic carbocycles. The third kappa shape index (κ3) is 2.91. The van der Waals surface area contributed by atoms with Gasteiger partial charge in [0, 0.05) is 23.9 Å². The van der Waals surface area contributed by atoms with E-state index in [-0.39, 0.29) is 12.2 Å². The van der Waals surface area contributed by atoms with Gasteiger partial charge in [-0.15, -0.1) is 0 Å². The molecule has 3 rings (SSSR count). The van der Waals surface area contributed by atoms with Gasteiger partial charge in [-0.1, -0.05) is 18.9 Å². The maximum absolute atomic E-state index is 12.5. The number of esters is 1. The molecule has 1 saturated heterocycles. The van der Waals surface area contributed by atoms with E-state index in [9.17, 15) is 10.1 Å². The van der Waals surface area contributed by atoms with Crippen LogP contribution in [0.4, 0.5) is 0 Å². The molecule has 1 aromatic rings. The molecule has 0 aromatic carbocycles. The molecule has 2 unspecified atom stereocenters. The fourth-order valence-corrected chi connectivity index (χ4v) is 4.40. The van der Waals surface area contributed by atoms with Gasteiger partial charge in [0.2, 0.25) is 0 Å². The molecular weight excluding hydrogens is 304 g/mol. The van der Waals surface area contributed by atoms with E-state index in [4.69, 9.17) is 9.47 Å². The van der Waals surface area contributed by atoms with Crippen LogP contribution in [-0.4, -0.2) is 29.8 Å². The number of aromatic nitrogens is 1. The molecule has 2 aliphatic rings. The summed E-state index contributed by atoms with van der Waals surface area (Å²) in [7, 11) is 0. The van der Waals surface area contributed by atoms with Gasteiger partial charge < -0.3 is 9.47 Å². The molecule has 128 valence electrons. The second-order valence-corrected chi connectivity index (χ2v) is 6.85. The molecule has 1 aromatic heterocycles. The first kappa shape index (κ1) is 16.9. The zero-order valence-electron chi connectivity index (χ0n) is 14.2. The predicted octanol–water partition coefficient (Wildman–Crippen LogP) is 3.15. The highest BCUT2D eigenvalue weighted by Crippen LogP contribution is 2.51. The summed E-state index contributed by atoms with van der Waals surface area (Å²) in [4.78, 5) is 17.1. The van der Waals surface area contributed by atoms with Gasteiger partial charge in [0.15, 0.2) is 5.92 Å². The monoisotopic (exact) mass is 328 g/mol. The van der Waals surface area contributed by atoms with Gasteiger partial charge in [-0.25, -0.2) is 0 Å². The van der Waals surface area contributed by atoms with Crippen LogP contribution in [0.5, 0.6) is 0 Å². The lowest BCUT2D eigenvalue weighted by Crippen LogP contribution is -2.52. The van der Waals surface area contributed by atoms with E-state index in [1.54, 1.807) is 13.1 Å². The molecule has 5 heteroatoms. The van der Waals surface area contributed by atoms with Crippen molar-refractivity contribution >= 4 is 5.97 Å². The summed E-state index contributed by atoms with van der Waals surface area (Å²) in [6.07, 6.45) is 7.25. The SMILES string of the molecule is CCOC(=O)C(C#N)C1(c2ccccn2)CCOC2(CCCC2)C1. The molecule has 1 aliphatic heterocycles. The molecule has 1 saturated carbocycles. The zero-order chi connectivity index (χ0) is 17.0. The lowest BCUT2D eigenvalue weighted by Gasteiger charge is -2.47. The Morgan fingerprint density at radius 3 is 2.83 bits per heavy atom. The van der Waals surface area contributed by atoms with Crippen molar-refractivity contribution in [3.8, 4) is 6.07 Å². The number of carbonyl (C=O) groups excluding carboxylic acids is 1. The Morgan fingerprint density at radius 2 is 2.21 bits per heavy atom. The molecule has 2 heterocycles. The van der Waals surface area contributed by atoms with Crippen LogP contribution in [0.15, 0.2) is 24.4 Å². The molecule has 5 nitrogen and oxygen atoms in total. The number of hydrogen-bond acceptors (Lipinski definition) is 5. The van der Waals surface area contributed by atoms with Crippen molar-refractivity contribution in [3.63, 3.8) is 0 Å². The van der Waals surface area contributed by atoms with E-state index in [2.05, 4.69) is 11.1 Å². The number of pyridine rings is 1. The molecule has 1 spiro atoms. The number of nitrogens with zero attached hydrogens (tertiary/aromatic N) is 2. The summed E-state index contributed by atoms with van der Waals surface area (Å²) < 4.78 is 11.4. The fourth-order valence-electron chi connectivity index (χ4n) is 4.40. The molecule has 2 fully saturated rings. The molecule has 0 radical (unpaired) electrons. The van der Waals surface area contributed by atoms with Crippen molar-refractivity contribution in [2.24, 2.45) is 5.92 Å². The number of hydrogen-bond donors (Lipinski definition) is 0. The van der Waals surface area contributed by atoms with Crippen LogP contribution in [0.3, 0.4) is 0 Å². The largest absolute Gasteiger partial charge is 0.465 e. The second-order valence-electron chi connectivity index (χ2n) is 6.85. The van der Waals surface area contributed by atoms with Crippen molar-refractivity contribution in [1.29, 1.82) is 5.26 Å². The van der Waals surface area contributed by atoms with Crippen LogP contribution in [0.2, 0.25) is 0 Å². The topological polar surface area (TPSA) is 72.2 Å². The Labute approximate surface area is 143 Å². The summed E-state index contributed by atoms with van der Waals surface area (Å²) >= 11 is 0. The zero-order valence-corrected chi connectivity index (χ0v) is 14.2. The summed E-state index contributed by atoms with van der Waals surface area (Å²) in [5.74, 6) is -1.30. The number of nitriles is 1. The van der Waals surface area contributed by atoms with Gasteiger partial charge in [0.1, 0.15) is 0 Å². The first-order valence-electron chi connectivity index (χ1n) is 8.77. The Bertz CT molecular complexity index is 619. The summed E-state index contributed by atoms with van der Waals surface area (Å²) in [6, 6.07) is 7.93. The first-order valence-corrected chi connectivity index (χ1v) is 8.77.